The van der Waals surface area contributed by atoms with Crippen molar-refractivity contribution >= 4 is 27.1 Å². The molecular weight excluding hydrogens is 466 g/mol. The van der Waals surface area contributed by atoms with Gasteiger partial charge in [-0.2, -0.15) is 16.6 Å². The molecule has 0 aliphatic rings. The summed E-state index contributed by atoms with van der Waals surface area (Å²) in [4.78, 5) is 14.6. The molecule has 8 heteroatoms. The van der Waals surface area contributed by atoms with E-state index in [1.807, 2.05) is 59.8 Å². The molecule has 34 heavy (non-hydrogen) atoms. The van der Waals surface area contributed by atoms with Gasteiger partial charge in [0, 0.05) is 6.26 Å². The van der Waals surface area contributed by atoms with Gasteiger partial charge in [-0.05, 0) is 63.6 Å². The third-order valence-electron chi connectivity index (χ3n) is 5.71. The second-order valence-electron chi connectivity index (χ2n) is 8.76. The van der Waals surface area contributed by atoms with E-state index in [2.05, 4.69) is 6.07 Å². The van der Waals surface area contributed by atoms with Crippen molar-refractivity contribution in [2.45, 2.75) is 37.2 Å². The van der Waals surface area contributed by atoms with Crippen LogP contribution in [0.3, 0.4) is 0 Å². The molecule has 2 N–H and O–H groups in total. The Bertz CT molecular complexity index is 1240. The zero-order valence-corrected chi connectivity index (χ0v) is 21.1. The van der Waals surface area contributed by atoms with Gasteiger partial charge < -0.3 is 5.73 Å². The smallest absolute Gasteiger partial charge is 0.234 e. The molecule has 1 amide bonds. The van der Waals surface area contributed by atoms with Gasteiger partial charge in [0.25, 0.3) is 0 Å². The van der Waals surface area contributed by atoms with Gasteiger partial charge in [0.15, 0.2) is 9.84 Å². The van der Waals surface area contributed by atoms with Gasteiger partial charge in [0.2, 0.25) is 5.91 Å². The largest absolute Gasteiger partial charge is 0.368 e. The Morgan fingerprint density at radius 2 is 1.62 bits per heavy atom. The van der Waals surface area contributed by atoms with Gasteiger partial charge in [-0.15, -0.1) is 0 Å². The third-order valence-corrected chi connectivity index (χ3v) is 7.54. The van der Waals surface area contributed by atoms with Crippen molar-refractivity contribution in [3.8, 4) is 17.2 Å². The van der Waals surface area contributed by atoms with E-state index in [1.54, 1.807) is 35.6 Å². The van der Waals surface area contributed by atoms with Crippen molar-refractivity contribution in [1.82, 2.24) is 4.90 Å². The summed E-state index contributed by atoms with van der Waals surface area (Å²) >= 11 is 1.56. The first-order valence-electron chi connectivity index (χ1n) is 11.0. The highest BCUT2D eigenvalue weighted by Gasteiger charge is 2.33. The number of nitrogens with zero attached hydrogens (tertiary/aromatic N) is 2. The van der Waals surface area contributed by atoms with Crippen molar-refractivity contribution in [1.29, 1.82) is 5.26 Å². The summed E-state index contributed by atoms with van der Waals surface area (Å²) < 4.78 is 23.5. The summed E-state index contributed by atoms with van der Waals surface area (Å²) in [6.07, 6.45) is 1.75. The lowest BCUT2D eigenvalue weighted by Gasteiger charge is -2.36. The Morgan fingerprint density at radius 3 is 2.06 bits per heavy atom. The highest BCUT2D eigenvalue weighted by atomic mass is 32.2. The number of hydrogen-bond acceptors (Lipinski definition) is 6. The second-order valence-corrected chi connectivity index (χ2v) is 11.6. The van der Waals surface area contributed by atoms with Crippen LogP contribution in [0.25, 0.3) is 11.1 Å². The molecule has 0 spiro atoms. The monoisotopic (exact) mass is 495 g/mol. The van der Waals surface area contributed by atoms with Crippen LogP contribution in [0.1, 0.15) is 37.4 Å². The Hall–Kier alpha value is -2.99. The Morgan fingerprint density at radius 1 is 1.03 bits per heavy atom. The van der Waals surface area contributed by atoms with Crippen LogP contribution in [0.4, 0.5) is 0 Å². The molecule has 2 aromatic carbocycles. The predicted octanol–water partition coefficient (Wildman–Crippen LogP) is 4.63. The van der Waals surface area contributed by atoms with Gasteiger partial charge >= 0.3 is 0 Å². The molecule has 3 aromatic rings. The van der Waals surface area contributed by atoms with Crippen LogP contribution in [0.2, 0.25) is 0 Å². The summed E-state index contributed by atoms with van der Waals surface area (Å²) in [5, 5.41) is 13.6. The number of nitriles is 1. The number of carbonyl (C=O) groups excluding carboxylic acids is 1. The zero-order valence-electron chi connectivity index (χ0n) is 19.5. The van der Waals surface area contributed by atoms with Crippen molar-refractivity contribution in [3.05, 3.63) is 76.5 Å². The number of rotatable bonds is 10. The van der Waals surface area contributed by atoms with E-state index < -0.39 is 21.8 Å². The number of sulfone groups is 1. The van der Waals surface area contributed by atoms with Crippen molar-refractivity contribution in [3.63, 3.8) is 0 Å². The van der Waals surface area contributed by atoms with Gasteiger partial charge in [-0.1, -0.05) is 50.2 Å². The molecule has 6 nitrogen and oxygen atoms in total. The Labute approximate surface area is 205 Å². The van der Waals surface area contributed by atoms with Crippen molar-refractivity contribution in [2.24, 2.45) is 11.7 Å². The number of benzene rings is 2. The fourth-order valence-electron chi connectivity index (χ4n) is 4.08. The number of carbonyl (C=O) groups is 1. The summed E-state index contributed by atoms with van der Waals surface area (Å²) in [6.45, 7) is 4.13. The molecule has 0 aliphatic carbocycles. The van der Waals surface area contributed by atoms with Crippen LogP contribution in [-0.2, 0) is 14.6 Å². The molecule has 0 radical (unpaired) electrons. The molecule has 178 valence electrons. The van der Waals surface area contributed by atoms with Gasteiger partial charge in [-0.25, -0.2) is 8.42 Å². The minimum Gasteiger partial charge on any atom is -0.368 e. The standard InChI is InChI=1S/C26H29N3O3S2/c1-18(2)16-24(26(28)30)29(14-13-27)25(22-12-15-33-17-22)21-6-4-19(5-7-21)20-8-10-23(11-9-20)34(3,31)32/h4-12,15,17-18,24-25H,14,16H2,1-3H3,(H2,28,30)/t24-,25-/m0/s1. The zero-order chi connectivity index (χ0) is 24.9. The average Bonchev–Trinajstić information content (AvgIpc) is 3.31. The lowest BCUT2D eigenvalue weighted by atomic mass is 9.93. The van der Waals surface area contributed by atoms with Crippen LogP contribution in [0.5, 0.6) is 0 Å². The predicted molar refractivity (Wildman–Crippen MR) is 136 cm³/mol. The summed E-state index contributed by atoms with van der Waals surface area (Å²) in [7, 11) is -3.25. The minimum absolute atomic E-state index is 0.0650. The molecule has 0 fully saturated rings. The number of primary amides is 1. The summed E-state index contributed by atoms with van der Waals surface area (Å²) in [6, 6.07) is 18.0. The van der Waals surface area contributed by atoms with Crippen molar-refractivity contribution < 1.29 is 13.2 Å². The van der Waals surface area contributed by atoms with Crippen LogP contribution in [-0.4, -0.2) is 38.1 Å². The first-order valence-corrected chi connectivity index (χ1v) is 13.8. The highest BCUT2D eigenvalue weighted by molar-refractivity contribution is 7.90. The minimum atomic E-state index is -3.25. The van der Waals surface area contributed by atoms with E-state index in [9.17, 15) is 18.5 Å². The molecule has 0 aliphatic heterocycles. The number of thiophene rings is 1. The van der Waals surface area contributed by atoms with E-state index in [4.69, 9.17) is 5.73 Å². The molecule has 0 saturated carbocycles. The SMILES string of the molecule is CC(C)C[C@@H](C(N)=O)N(CC#N)[C@@H](c1ccc(-c2ccc(S(C)(=O)=O)cc2)cc1)c1ccsc1. The van der Waals surface area contributed by atoms with E-state index in [1.165, 1.54) is 6.26 Å². The molecule has 1 aromatic heterocycles. The molecule has 3 rings (SSSR count). The van der Waals surface area contributed by atoms with Crippen LogP contribution in [0, 0.1) is 17.2 Å². The van der Waals surface area contributed by atoms with Crippen molar-refractivity contribution in [2.75, 3.05) is 12.8 Å². The van der Waals surface area contributed by atoms with E-state index >= 15 is 0 Å². The van der Waals surface area contributed by atoms with E-state index in [0.717, 1.165) is 22.3 Å². The van der Waals surface area contributed by atoms with E-state index in [0.29, 0.717) is 6.42 Å². The molecule has 0 unspecified atom stereocenters. The second kappa shape index (κ2) is 11.0. The fourth-order valence-corrected chi connectivity index (χ4v) is 5.39. The first-order chi connectivity index (χ1) is 16.1. The maximum Gasteiger partial charge on any atom is 0.234 e. The van der Waals surface area contributed by atoms with Crippen LogP contribution in [0.15, 0.2) is 70.3 Å². The normalized spacial score (nSPS) is 13.5. The van der Waals surface area contributed by atoms with E-state index in [-0.39, 0.29) is 23.4 Å². The summed E-state index contributed by atoms with van der Waals surface area (Å²) in [5.41, 5.74) is 9.58. The fraction of sp³-hybridized carbons (Fsp3) is 0.308. The maximum atomic E-state index is 12.4. The topological polar surface area (TPSA) is 104 Å². The number of nitrogens with two attached hydrogens (primary N) is 1. The number of hydrogen-bond donors (Lipinski definition) is 1. The van der Waals surface area contributed by atoms with Crippen LogP contribution < -0.4 is 5.73 Å². The molecule has 1 heterocycles. The number of amides is 1. The first kappa shape index (κ1) is 25.6. The highest BCUT2D eigenvalue weighted by Crippen LogP contribution is 2.34. The Kier molecular flexibility index (Phi) is 8.26. The maximum absolute atomic E-state index is 12.4. The van der Waals surface area contributed by atoms with Crippen LogP contribution >= 0.6 is 11.3 Å². The lowest BCUT2D eigenvalue weighted by molar-refractivity contribution is -0.124. The summed E-state index contributed by atoms with van der Waals surface area (Å²) in [5.74, 6) is -0.203. The average molecular weight is 496 g/mol. The molecule has 0 saturated heterocycles. The quantitative estimate of drug-likeness (QED) is 0.413. The molecule has 0 bridgehead atoms. The Balaban J connectivity index is 2.01. The lowest BCUT2D eigenvalue weighted by Crippen LogP contribution is -2.47. The molecule has 2 atom stereocenters. The van der Waals surface area contributed by atoms with Gasteiger partial charge in [0.1, 0.15) is 0 Å². The van der Waals surface area contributed by atoms with Gasteiger partial charge in [0.05, 0.1) is 29.6 Å². The third kappa shape index (κ3) is 6.11. The van der Waals surface area contributed by atoms with Gasteiger partial charge in [-0.3, -0.25) is 9.69 Å². The molecular formula is C26H29N3O3S2.